The largest absolute Gasteiger partial charge is 0.327 e. The molecule has 1 unspecified atom stereocenters. The quantitative estimate of drug-likeness (QED) is 0.696. The van der Waals surface area contributed by atoms with Gasteiger partial charge in [0.1, 0.15) is 5.82 Å². The van der Waals surface area contributed by atoms with Gasteiger partial charge in [0, 0.05) is 31.1 Å². The van der Waals surface area contributed by atoms with Gasteiger partial charge in [-0.1, -0.05) is 38.1 Å². The molecule has 2 aromatic carbocycles. The number of imidazole rings is 1. The molecule has 26 heavy (non-hydrogen) atoms. The number of hydrogen-bond donors (Lipinski definition) is 0. The average molecular weight is 347 g/mol. The van der Waals surface area contributed by atoms with E-state index in [1.807, 2.05) is 23.1 Å². The van der Waals surface area contributed by atoms with Crippen molar-refractivity contribution in [2.75, 3.05) is 11.4 Å². The Kier molecular flexibility index (Phi) is 4.27. The Labute approximate surface area is 154 Å². The summed E-state index contributed by atoms with van der Waals surface area (Å²) >= 11 is 0. The number of nitrogens with zero attached hydrogens (tertiary/aromatic N) is 3. The zero-order valence-corrected chi connectivity index (χ0v) is 15.6. The van der Waals surface area contributed by atoms with Crippen molar-refractivity contribution in [2.45, 2.75) is 39.7 Å². The predicted molar refractivity (Wildman–Crippen MR) is 105 cm³/mol. The number of para-hydroxylation sites is 2. The van der Waals surface area contributed by atoms with Crippen LogP contribution in [0.3, 0.4) is 0 Å². The summed E-state index contributed by atoms with van der Waals surface area (Å²) in [5.74, 6) is 1.89. The minimum atomic E-state index is 0.133. The van der Waals surface area contributed by atoms with Gasteiger partial charge in [0.05, 0.1) is 11.0 Å². The van der Waals surface area contributed by atoms with Gasteiger partial charge >= 0.3 is 0 Å². The van der Waals surface area contributed by atoms with Gasteiger partial charge in [-0.2, -0.15) is 0 Å². The summed E-state index contributed by atoms with van der Waals surface area (Å²) < 4.78 is 2.32. The van der Waals surface area contributed by atoms with Crippen molar-refractivity contribution in [3.63, 3.8) is 0 Å². The van der Waals surface area contributed by atoms with Crippen molar-refractivity contribution in [2.24, 2.45) is 5.92 Å². The smallest absolute Gasteiger partial charge is 0.227 e. The first-order valence-electron chi connectivity index (χ1n) is 9.35. The highest BCUT2D eigenvalue weighted by atomic mass is 16.2. The molecule has 1 aliphatic heterocycles. The third-order valence-electron chi connectivity index (χ3n) is 5.04. The van der Waals surface area contributed by atoms with E-state index < -0.39 is 0 Å². The molecule has 1 atom stereocenters. The van der Waals surface area contributed by atoms with Crippen LogP contribution in [0.25, 0.3) is 11.0 Å². The van der Waals surface area contributed by atoms with E-state index >= 15 is 0 Å². The summed E-state index contributed by atoms with van der Waals surface area (Å²) in [5, 5.41) is 0. The molecule has 1 aromatic heterocycles. The number of fused-ring (bicyclic) bond motifs is 1. The minimum absolute atomic E-state index is 0.133. The van der Waals surface area contributed by atoms with Crippen molar-refractivity contribution in [1.82, 2.24) is 9.55 Å². The molecular formula is C22H25N3O. The molecule has 0 N–H and O–H groups in total. The number of rotatable bonds is 4. The molecule has 1 saturated heterocycles. The van der Waals surface area contributed by atoms with E-state index in [9.17, 15) is 4.79 Å². The summed E-state index contributed by atoms with van der Waals surface area (Å²) in [5.41, 5.74) is 4.34. The number of anilines is 1. The zero-order chi connectivity index (χ0) is 18.3. The Balaban J connectivity index is 1.71. The molecule has 0 spiro atoms. The number of hydrogen-bond acceptors (Lipinski definition) is 2. The highest BCUT2D eigenvalue weighted by Crippen LogP contribution is 2.33. The standard InChI is InChI=1S/C22H25N3O/c1-15(2)13-25-20-10-5-4-9-19(20)23-22(25)17-12-21(26)24(14-17)18-8-6-7-16(3)11-18/h4-11,15,17H,12-14H2,1-3H3. The van der Waals surface area contributed by atoms with Crippen molar-refractivity contribution < 1.29 is 4.79 Å². The third kappa shape index (κ3) is 3.00. The highest BCUT2D eigenvalue weighted by molar-refractivity contribution is 5.96. The normalized spacial score (nSPS) is 17.6. The van der Waals surface area contributed by atoms with Gasteiger partial charge in [0.25, 0.3) is 0 Å². The van der Waals surface area contributed by atoms with Gasteiger partial charge < -0.3 is 9.47 Å². The second-order valence-corrected chi connectivity index (χ2v) is 7.71. The van der Waals surface area contributed by atoms with E-state index in [0.717, 1.165) is 29.1 Å². The number of benzene rings is 2. The fourth-order valence-electron chi connectivity index (χ4n) is 3.89. The number of amides is 1. The van der Waals surface area contributed by atoms with Crippen molar-refractivity contribution in [3.05, 3.63) is 59.9 Å². The third-order valence-corrected chi connectivity index (χ3v) is 5.04. The minimum Gasteiger partial charge on any atom is -0.327 e. The first kappa shape index (κ1) is 16.8. The molecule has 1 amide bonds. The van der Waals surface area contributed by atoms with Crippen LogP contribution in [0.1, 0.15) is 37.6 Å². The molecule has 0 aliphatic carbocycles. The van der Waals surface area contributed by atoms with Crippen LogP contribution in [-0.4, -0.2) is 22.0 Å². The maximum Gasteiger partial charge on any atom is 0.227 e. The lowest BCUT2D eigenvalue weighted by Crippen LogP contribution is -2.24. The Morgan fingerprint density at radius 1 is 1.15 bits per heavy atom. The van der Waals surface area contributed by atoms with Crippen molar-refractivity contribution >= 4 is 22.6 Å². The lowest BCUT2D eigenvalue weighted by molar-refractivity contribution is -0.117. The van der Waals surface area contributed by atoms with E-state index in [1.54, 1.807) is 0 Å². The summed E-state index contributed by atoms with van der Waals surface area (Å²) in [4.78, 5) is 19.5. The summed E-state index contributed by atoms with van der Waals surface area (Å²) in [7, 11) is 0. The lowest BCUT2D eigenvalue weighted by Gasteiger charge is -2.18. The van der Waals surface area contributed by atoms with E-state index in [-0.39, 0.29) is 11.8 Å². The van der Waals surface area contributed by atoms with Crippen LogP contribution in [0.4, 0.5) is 5.69 Å². The van der Waals surface area contributed by atoms with Gasteiger partial charge in [0.2, 0.25) is 5.91 Å². The van der Waals surface area contributed by atoms with Gasteiger partial charge in [-0.05, 0) is 42.7 Å². The summed E-state index contributed by atoms with van der Waals surface area (Å²) in [6.45, 7) is 8.12. The molecule has 0 bridgehead atoms. The van der Waals surface area contributed by atoms with E-state index in [1.165, 1.54) is 5.56 Å². The van der Waals surface area contributed by atoms with Crippen LogP contribution in [0, 0.1) is 12.8 Å². The van der Waals surface area contributed by atoms with Crippen LogP contribution >= 0.6 is 0 Å². The molecule has 1 aliphatic rings. The van der Waals surface area contributed by atoms with E-state index in [0.29, 0.717) is 18.9 Å². The van der Waals surface area contributed by atoms with Crippen molar-refractivity contribution in [3.8, 4) is 0 Å². The Bertz CT molecular complexity index is 957. The molecular weight excluding hydrogens is 322 g/mol. The van der Waals surface area contributed by atoms with Crippen LogP contribution in [0.5, 0.6) is 0 Å². The van der Waals surface area contributed by atoms with Gasteiger partial charge in [0.15, 0.2) is 0 Å². The molecule has 1 fully saturated rings. The lowest BCUT2D eigenvalue weighted by atomic mass is 10.1. The molecule has 4 rings (SSSR count). The van der Waals surface area contributed by atoms with Crippen LogP contribution in [0.2, 0.25) is 0 Å². The maximum atomic E-state index is 12.7. The number of carbonyl (C=O) groups excluding carboxylic acids is 1. The van der Waals surface area contributed by atoms with Crippen molar-refractivity contribution in [1.29, 1.82) is 0 Å². The fraction of sp³-hybridized carbons (Fsp3) is 0.364. The van der Waals surface area contributed by atoms with Gasteiger partial charge in [-0.3, -0.25) is 4.79 Å². The number of aryl methyl sites for hydroxylation is 1. The van der Waals surface area contributed by atoms with E-state index in [4.69, 9.17) is 4.98 Å². The summed E-state index contributed by atoms with van der Waals surface area (Å²) in [6, 6.07) is 16.4. The molecule has 0 radical (unpaired) electrons. The van der Waals surface area contributed by atoms with Crippen LogP contribution in [-0.2, 0) is 11.3 Å². The predicted octanol–water partition coefficient (Wildman–Crippen LogP) is 4.52. The highest BCUT2D eigenvalue weighted by Gasteiger charge is 2.34. The average Bonchev–Trinajstić information content (AvgIpc) is 3.16. The topological polar surface area (TPSA) is 38.1 Å². The molecule has 4 nitrogen and oxygen atoms in total. The van der Waals surface area contributed by atoms with Gasteiger partial charge in [-0.15, -0.1) is 0 Å². The second kappa shape index (κ2) is 6.60. The maximum absolute atomic E-state index is 12.7. The van der Waals surface area contributed by atoms with Crippen LogP contribution < -0.4 is 4.90 Å². The first-order chi connectivity index (χ1) is 12.5. The zero-order valence-electron chi connectivity index (χ0n) is 15.6. The Morgan fingerprint density at radius 2 is 1.96 bits per heavy atom. The first-order valence-corrected chi connectivity index (χ1v) is 9.35. The van der Waals surface area contributed by atoms with E-state index in [2.05, 4.69) is 55.7 Å². The number of carbonyl (C=O) groups is 1. The Hall–Kier alpha value is -2.62. The monoisotopic (exact) mass is 347 g/mol. The van der Waals surface area contributed by atoms with Gasteiger partial charge in [-0.25, -0.2) is 4.98 Å². The summed E-state index contributed by atoms with van der Waals surface area (Å²) in [6.07, 6.45) is 0.523. The van der Waals surface area contributed by atoms with Crippen LogP contribution in [0.15, 0.2) is 48.5 Å². The molecule has 2 heterocycles. The Morgan fingerprint density at radius 3 is 2.73 bits per heavy atom. The molecule has 4 heteroatoms. The molecule has 134 valence electrons. The second-order valence-electron chi connectivity index (χ2n) is 7.71. The SMILES string of the molecule is Cc1cccc(N2CC(c3nc4ccccc4n3CC(C)C)CC2=O)c1. The fourth-order valence-corrected chi connectivity index (χ4v) is 3.89. The molecule has 0 saturated carbocycles. The molecule has 3 aromatic rings. The number of aromatic nitrogens is 2.